The van der Waals surface area contributed by atoms with Crippen LogP contribution in [0.15, 0.2) is 58.4 Å². The second kappa shape index (κ2) is 7.44. The first-order valence-electron chi connectivity index (χ1n) is 9.34. The Kier molecular flexibility index (Phi) is 4.99. The van der Waals surface area contributed by atoms with Gasteiger partial charge in [-0.25, -0.2) is 13.1 Å². The van der Waals surface area contributed by atoms with Gasteiger partial charge in [0.1, 0.15) is 4.90 Å². The highest BCUT2D eigenvalue weighted by atomic mass is 32.2. The smallest absolute Gasteiger partial charge is 0.266 e. The van der Waals surface area contributed by atoms with Gasteiger partial charge in [0.05, 0.1) is 11.2 Å². The zero-order chi connectivity index (χ0) is 19.7. The maximum absolute atomic E-state index is 13.2. The van der Waals surface area contributed by atoms with Crippen LogP contribution in [0, 0.1) is 12.8 Å². The van der Waals surface area contributed by atoms with Crippen LogP contribution in [-0.4, -0.2) is 40.6 Å². The van der Waals surface area contributed by atoms with Crippen LogP contribution in [-0.2, 0) is 16.6 Å². The average Bonchev–Trinajstić information content (AvgIpc) is 2.71. The quantitative estimate of drug-likeness (QED) is 0.673. The van der Waals surface area contributed by atoms with Crippen LogP contribution < -0.4 is 5.56 Å². The average molecular weight is 398 g/mol. The summed E-state index contributed by atoms with van der Waals surface area (Å²) in [5.74, 6) is 0.226. The third kappa shape index (κ3) is 3.57. The number of benzene rings is 1. The Bertz CT molecular complexity index is 1160. The molecule has 0 saturated carbocycles. The molecule has 0 unspecified atom stereocenters. The molecule has 0 radical (unpaired) electrons. The van der Waals surface area contributed by atoms with Crippen molar-refractivity contribution in [2.75, 3.05) is 13.1 Å². The normalized spacial score (nSPS) is 16.5. The largest absolute Gasteiger partial charge is 0.268 e. The van der Waals surface area contributed by atoms with E-state index in [9.17, 15) is 13.2 Å². The molecule has 1 saturated heterocycles. The molecule has 0 spiro atoms. The molecule has 0 N–H and O–H groups in total. The van der Waals surface area contributed by atoms with Crippen LogP contribution in [0.3, 0.4) is 0 Å². The van der Waals surface area contributed by atoms with Crippen LogP contribution in [0.25, 0.3) is 10.9 Å². The van der Waals surface area contributed by atoms with Crippen molar-refractivity contribution in [2.24, 2.45) is 5.92 Å². The summed E-state index contributed by atoms with van der Waals surface area (Å²) in [6, 6.07) is 12.1. The van der Waals surface area contributed by atoms with Gasteiger partial charge in [0, 0.05) is 37.3 Å². The third-order valence-corrected chi connectivity index (χ3v) is 7.15. The molecule has 3 heterocycles. The minimum absolute atomic E-state index is 0.123. The first-order chi connectivity index (χ1) is 13.4. The van der Waals surface area contributed by atoms with E-state index in [1.54, 1.807) is 30.5 Å². The molecule has 0 atom stereocenters. The van der Waals surface area contributed by atoms with E-state index in [0.717, 1.165) is 11.1 Å². The maximum Gasteiger partial charge on any atom is 0.266 e. The van der Waals surface area contributed by atoms with Gasteiger partial charge >= 0.3 is 0 Å². The Balaban J connectivity index is 1.51. The van der Waals surface area contributed by atoms with E-state index in [1.807, 2.05) is 19.1 Å². The van der Waals surface area contributed by atoms with E-state index < -0.39 is 10.0 Å². The molecule has 0 amide bonds. The van der Waals surface area contributed by atoms with Crippen molar-refractivity contribution < 1.29 is 8.42 Å². The number of nitrogens with zero attached hydrogens (tertiary/aromatic N) is 4. The molecule has 1 aliphatic heterocycles. The second-order valence-electron chi connectivity index (χ2n) is 7.17. The Hall–Kier alpha value is -2.58. The molecule has 8 heteroatoms. The SMILES string of the molecule is Cc1ccc(=O)n(CC2CCN(S(=O)(=O)c3cccc4cccnc34)CC2)n1. The van der Waals surface area contributed by atoms with Crippen molar-refractivity contribution in [1.82, 2.24) is 19.1 Å². The fourth-order valence-electron chi connectivity index (χ4n) is 3.68. The monoisotopic (exact) mass is 398 g/mol. The topological polar surface area (TPSA) is 85.2 Å². The zero-order valence-corrected chi connectivity index (χ0v) is 16.5. The van der Waals surface area contributed by atoms with Gasteiger partial charge in [0.25, 0.3) is 5.56 Å². The third-order valence-electron chi connectivity index (χ3n) is 5.22. The molecule has 146 valence electrons. The van der Waals surface area contributed by atoms with Gasteiger partial charge in [-0.15, -0.1) is 0 Å². The summed E-state index contributed by atoms with van der Waals surface area (Å²) in [5.41, 5.74) is 1.17. The lowest BCUT2D eigenvalue weighted by molar-refractivity contribution is 0.244. The number of aromatic nitrogens is 3. The molecular formula is C20H22N4O3S. The summed E-state index contributed by atoms with van der Waals surface area (Å²) >= 11 is 0. The molecule has 0 aliphatic carbocycles. The molecule has 2 aromatic heterocycles. The lowest BCUT2D eigenvalue weighted by Gasteiger charge is -2.31. The number of sulfonamides is 1. The van der Waals surface area contributed by atoms with Crippen molar-refractivity contribution >= 4 is 20.9 Å². The molecule has 0 bridgehead atoms. The first-order valence-corrected chi connectivity index (χ1v) is 10.8. The predicted octanol–water partition coefficient (Wildman–Crippen LogP) is 2.20. The minimum atomic E-state index is -3.61. The standard InChI is InChI=1S/C20H22N4O3S/c1-15-7-8-19(25)24(22-15)14-16-9-12-23(13-10-16)28(26,27)18-6-2-4-17-5-3-11-21-20(17)18/h2-8,11,16H,9-10,12-14H2,1H3. The van der Waals surface area contributed by atoms with E-state index in [0.29, 0.717) is 38.0 Å². The molecule has 3 aromatic rings. The van der Waals surface area contributed by atoms with Gasteiger partial charge in [-0.05, 0) is 43.9 Å². The Morgan fingerprint density at radius 1 is 1.07 bits per heavy atom. The van der Waals surface area contributed by atoms with E-state index in [2.05, 4.69) is 10.1 Å². The zero-order valence-electron chi connectivity index (χ0n) is 15.7. The maximum atomic E-state index is 13.2. The molecule has 1 fully saturated rings. The van der Waals surface area contributed by atoms with Gasteiger partial charge in [0.2, 0.25) is 10.0 Å². The summed E-state index contributed by atoms with van der Waals surface area (Å²) in [5, 5.41) is 5.09. The molecular weight excluding hydrogens is 376 g/mol. The Morgan fingerprint density at radius 3 is 2.61 bits per heavy atom. The number of hydrogen-bond donors (Lipinski definition) is 0. The number of pyridine rings is 1. The summed E-state index contributed by atoms with van der Waals surface area (Å²) in [7, 11) is -3.61. The van der Waals surface area contributed by atoms with Gasteiger partial charge in [-0.1, -0.05) is 18.2 Å². The highest BCUT2D eigenvalue weighted by Gasteiger charge is 2.31. The van der Waals surface area contributed by atoms with Gasteiger partial charge in [-0.2, -0.15) is 9.40 Å². The van der Waals surface area contributed by atoms with Crippen molar-refractivity contribution in [3.05, 3.63) is 64.7 Å². The molecule has 28 heavy (non-hydrogen) atoms. The molecule has 7 nitrogen and oxygen atoms in total. The number of rotatable bonds is 4. The summed E-state index contributed by atoms with van der Waals surface area (Å²) in [4.78, 5) is 16.5. The Morgan fingerprint density at radius 2 is 1.82 bits per heavy atom. The lowest BCUT2D eigenvalue weighted by atomic mass is 9.98. The van der Waals surface area contributed by atoms with Crippen molar-refractivity contribution in [3.8, 4) is 0 Å². The summed E-state index contributed by atoms with van der Waals surface area (Å²) < 4.78 is 29.4. The molecule has 1 aliphatic rings. The highest BCUT2D eigenvalue weighted by Crippen LogP contribution is 2.28. The number of hydrogen-bond acceptors (Lipinski definition) is 5. The summed E-state index contributed by atoms with van der Waals surface area (Å²) in [6.45, 7) is 3.22. The van der Waals surface area contributed by atoms with E-state index in [1.165, 1.54) is 15.1 Å². The van der Waals surface area contributed by atoms with Crippen molar-refractivity contribution in [1.29, 1.82) is 0 Å². The number of piperidine rings is 1. The Labute approximate surface area is 163 Å². The summed E-state index contributed by atoms with van der Waals surface area (Å²) in [6.07, 6.45) is 3.00. The fraction of sp³-hybridized carbons (Fsp3) is 0.350. The highest BCUT2D eigenvalue weighted by molar-refractivity contribution is 7.89. The van der Waals surface area contributed by atoms with E-state index in [-0.39, 0.29) is 16.4 Å². The minimum Gasteiger partial charge on any atom is -0.268 e. The van der Waals surface area contributed by atoms with Crippen molar-refractivity contribution in [3.63, 3.8) is 0 Å². The lowest BCUT2D eigenvalue weighted by Crippen LogP contribution is -2.40. The number of aryl methyl sites for hydroxylation is 1. The van der Waals surface area contributed by atoms with Gasteiger partial charge < -0.3 is 0 Å². The van der Waals surface area contributed by atoms with E-state index >= 15 is 0 Å². The van der Waals surface area contributed by atoms with Crippen molar-refractivity contribution in [2.45, 2.75) is 31.2 Å². The van der Waals surface area contributed by atoms with Gasteiger partial charge in [-0.3, -0.25) is 9.78 Å². The predicted molar refractivity (Wildman–Crippen MR) is 106 cm³/mol. The van der Waals surface area contributed by atoms with Crippen LogP contribution in [0.5, 0.6) is 0 Å². The molecule has 4 rings (SSSR count). The van der Waals surface area contributed by atoms with Crippen LogP contribution in [0.4, 0.5) is 0 Å². The molecule has 1 aromatic carbocycles. The van der Waals surface area contributed by atoms with E-state index in [4.69, 9.17) is 0 Å². The first kappa shape index (κ1) is 18.8. The second-order valence-corrected chi connectivity index (χ2v) is 9.08. The van der Waals surface area contributed by atoms with Gasteiger partial charge in [0.15, 0.2) is 0 Å². The van der Waals surface area contributed by atoms with Crippen LogP contribution >= 0.6 is 0 Å². The fourth-order valence-corrected chi connectivity index (χ4v) is 5.32. The number of para-hydroxylation sites is 1. The number of fused-ring (bicyclic) bond motifs is 1. The van der Waals surface area contributed by atoms with Crippen LogP contribution in [0.1, 0.15) is 18.5 Å². The van der Waals surface area contributed by atoms with Crippen LogP contribution in [0.2, 0.25) is 0 Å².